The maximum Gasteiger partial charge on any atom is 0.261 e. The lowest BCUT2D eigenvalue weighted by Gasteiger charge is -2.40. The number of rotatable bonds is 3. The van der Waals surface area contributed by atoms with Crippen LogP contribution in [0.4, 0.5) is 5.69 Å². The van der Waals surface area contributed by atoms with E-state index in [1.165, 1.54) is 12.8 Å². The molecule has 0 aliphatic heterocycles. The van der Waals surface area contributed by atoms with E-state index >= 15 is 0 Å². The van der Waals surface area contributed by atoms with Crippen molar-refractivity contribution in [3.05, 3.63) is 30.3 Å². The number of hydrogen-bond acceptors (Lipinski definition) is 2. The van der Waals surface area contributed by atoms with E-state index in [9.17, 15) is 0 Å². The molecule has 0 unspecified atom stereocenters. The molecule has 1 N–H and O–H groups in total. The first-order chi connectivity index (χ1) is 9.35. The molecule has 0 heterocycles. The van der Waals surface area contributed by atoms with Crippen molar-refractivity contribution in [1.29, 1.82) is 0 Å². The summed E-state index contributed by atoms with van der Waals surface area (Å²) in [7, 11) is 0. The zero-order chi connectivity index (χ0) is 14.8. The van der Waals surface area contributed by atoms with E-state index in [0.29, 0.717) is 11.8 Å². The number of benzene rings is 1. The standard InChI is InChI=1S/C17H25NOS/c1-13-10-11-17(4,16(13,2)3)12-19-15(20)18-14-8-6-5-7-9-14/h5-9,13H,10-12H2,1-4H3,(H,18,20)/t13-,17-/m0/s1. The van der Waals surface area contributed by atoms with E-state index in [4.69, 9.17) is 17.0 Å². The lowest BCUT2D eigenvalue weighted by Crippen LogP contribution is -2.38. The van der Waals surface area contributed by atoms with Crippen LogP contribution in [-0.2, 0) is 4.74 Å². The van der Waals surface area contributed by atoms with E-state index in [0.717, 1.165) is 11.6 Å². The summed E-state index contributed by atoms with van der Waals surface area (Å²) in [6, 6.07) is 9.92. The van der Waals surface area contributed by atoms with Crippen molar-refractivity contribution in [3.63, 3.8) is 0 Å². The molecule has 2 rings (SSSR count). The molecule has 0 radical (unpaired) electrons. The predicted molar refractivity (Wildman–Crippen MR) is 88.9 cm³/mol. The fourth-order valence-corrected chi connectivity index (χ4v) is 3.15. The van der Waals surface area contributed by atoms with Gasteiger partial charge in [-0.25, -0.2) is 0 Å². The number of anilines is 1. The van der Waals surface area contributed by atoms with Crippen molar-refractivity contribution in [2.75, 3.05) is 11.9 Å². The summed E-state index contributed by atoms with van der Waals surface area (Å²) in [5.41, 5.74) is 1.45. The smallest absolute Gasteiger partial charge is 0.261 e. The van der Waals surface area contributed by atoms with Gasteiger partial charge in [-0.1, -0.05) is 45.9 Å². The van der Waals surface area contributed by atoms with Gasteiger partial charge in [-0.3, -0.25) is 0 Å². The van der Waals surface area contributed by atoms with Gasteiger partial charge in [0, 0.05) is 11.1 Å². The zero-order valence-electron chi connectivity index (χ0n) is 12.9. The van der Waals surface area contributed by atoms with Crippen LogP contribution in [0.5, 0.6) is 0 Å². The Bertz CT molecular complexity index is 471. The summed E-state index contributed by atoms with van der Waals surface area (Å²) < 4.78 is 5.84. The van der Waals surface area contributed by atoms with Gasteiger partial charge in [-0.05, 0) is 48.5 Å². The van der Waals surface area contributed by atoms with Crippen molar-refractivity contribution >= 4 is 23.1 Å². The summed E-state index contributed by atoms with van der Waals surface area (Å²) >= 11 is 5.29. The summed E-state index contributed by atoms with van der Waals surface area (Å²) in [6.07, 6.45) is 2.47. The average Bonchev–Trinajstić information content (AvgIpc) is 2.62. The Balaban J connectivity index is 1.91. The molecule has 2 atom stereocenters. The highest BCUT2D eigenvalue weighted by Crippen LogP contribution is 2.55. The average molecular weight is 291 g/mol. The third-order valence-corrected chi connectivity index (χ3v) is 5.68. The molecule has 1 aliphatic rings. The maximum absolute atomic E-state index is 5.84. The van der Waals surface area contributed by atoms with Crippen molar-refractivity contribution < 1.29 is 4.74 Å². The first-order valence-electron chi connectivity index (χ1n) is 7.34. The lowest BCUT2D eigenvalue weighted by molar-refractivity contribution is 0.0370. The van der Waals surface area contributed by atoms with Crippen LogP contribution in [0, 0.1) is 16.7 Å². The van der Waals surface area contributed by atoms with Crippen molar-refractivity contribution in [2.45, 2.75) is 40.5 Å². The van der Waals surface area contributed by atoms with E-state index in [2.05, 4.69) is 33.0 Å². The maximum atomic E-state index is 5.84. The van der Waals surface area contributed by atoms with E-state index in [1.807, 2.05) is 30.3 Å². The Morgan fingerprint density at radius 3 is 2.50 bits per heavy atom. The number of thiocarbonyl (C=S) groups is 1. The molecule has 0 saturated heterocycles. The molecule has 1 fully saturated rings. The number of para-hydroxylation sites is 1. The van der Waals surface area contributed by atoms with E-state index in [-0.39, 0.29) is 10.8 Å². The highest BCUT2D eigenvalue weighted by Gasteiger charge is 2.50. The first kappa shape index (κ1) is 15.3. The third kappa shape index (κ3) is 2.98. The highest BCUT2D eigenvalue weighted by molar-refractivity contribution is 7.80. The van der Waals surface area contributed by atoms with Crippen LogP contribution in [0.25, 0.3) is 0 Å². The number of hydrogen-bond donors (Lipinski definition) is 1. The molecular formula is C17H25NOS. The van der Waals surface area contributed by atoms with Crippen LogP contribution < -0.4 is 5.32 Å². The molecule has 110 valence electrons. The molecule has 20 heavy (non-hydrogen) atoms. The minimum absolute atomic E-state index is 0.189. The van der Waals surface area contributed by atoms with Gasteiger partial charge in [-0.15, -0.1) is 0 Å². The van der Waals surface area contributed by atoms with Crippen LogP contribution in [0.2, 0.25) is 0 Å². The normalized spacial score (nSPS) is 28.1. The summed E-state index contributed by atoms with van der Waals surface area (Å²) in [5, 5.41) is 3.60. The van der Waals surface area contributed by atoms with Gasteiger partial charge in [0.15, 0.2) is 0 Å². The van der Waals surface area contributed by atoms with Gasteiger partial charge in [0.2, 0.25) is 0 Å². The molecule has 0 aromatic heterocycles. The second-order valence-corrected chi connectivity index (χ2v) is 7.16. The fraction of sp³-hybridized carbons (Fsp3) is 0.588. The number of ether oxygens (including phenoxy) is 1. The Kier molecular flexibility index (Phi) is 4.38. The van der Waals surface area contributed by atoms with Gasteiger partial charge in [0.1, 0.15) is 0 Å². The van der Waals surface area contributed by atoms with Crippen LogP contribution in [0.15, 0.2) is 30.3 Å². The quantitative estimate of drug-likeness (QED) is 0.803. The molecule has 1 aromatic carbocycles. The van der Waals surface area contributed by atoms with Crippen molar-refractivity contribution in [1.82, 2.24) is 0 Å². The molecule has 2 nitrogen and oxygen atoms in total. The minimum Gasteiger partial charge on any atom is -0.470 e. The Morgan fingerprint density at radius 1 is 1.30 bits per heavy atom. The first-order valence-corrected chi connectivity index (χ1v) is 7.75. The molecular weight excluding hydrogens is 266 g/mol. The minimum atomic E-state index is 0.189. The summed E-state index contributed by atoms with van der Waals surface area (Å²) in [5.74, 6) is 0.728. The topological polar surface area (TPSA) is 21.3 Å². The molecule has 0 amide bonds. The molecule has 0 bridgehead atoms. The van der Waals surface area contributed by atoms with Crippen LogP contribution in [0.1, 0.15) is 40.5 Å². The largest absolute Gasteiger partial charge is 0.470 e. The molecule has 3 heteroatoms. The summed E-state index contributed by atoms with van der Waals surface area (Å²) in [4.78, 5) is 0. The van der Waals surface area contributed by atoms with Gasteiger partial charge in [0.05, 0.1) is 6.61 Å². The van der Waals surface area contributed by atoms with E-state index < -0.39 is 0 Å². The Labute approximate surface area is 127 Å². The predicted octanol–water partition coefficient (Wildman–Crippen LogP) is 4.86. The molecule has 1 saturated carbocycles. The highest BCUT2D eigenvalue weighted by atomic mass is 32.1. The Morgan fingerprint density at radius 2 is 1.95 bits per heavy atom. The molecule has 0 spiro atoms. The second-order valence-electron chi connectivity index (χ2n) is 6.79. The van der Waals surface area contributed by atoms with Crippen LogP contribution in [-0.4, -0.2) is 11.8 Å². The Hall–Kier alpha value is -1.09. The lowest BCUT2D eigenvalue weighted by atomic mass is 9.66. The third-order valence-electron chi connectivity index (χ3n) is 5.46. The second kappa shape index (κ2) is 5.72. The van der Waals surface area contributed by atoms with Gasteiger partial charge >= 0.3 is 0 Å². The van der Waals surface area contributed by atoms with Crippen LogP contribution >= 0.6 is 12.2 Å². The van der Waals surface area contributed by atoms with Crippen LogP contribution in [0.3, 0.4) is 0 Å². The SMILES string of the molecule is C[C@H]1CC[C@@](C)(COC(=S)Nc2ccccc2)C1(C)C. The fourth-order valence-electron chi connectivity index (χ4n) is 2.97. The van der Waals surface area contributed by atoms with Crippen molar-refractivity contribution in [2.24, 2.45) is 16.7 Å². The van der Waals surface area contributed by atoms with Crippen molar-refractivity contribution in [3.8, 4) is 0 Å². The molecule has 1 aliphatic carbocycles. The zero-order valence-corrected chi connectivity index (χ0v) is 13.7. The van der Waals surface area contributed by atoms with E-state index in [1.54, 1.807) is 0 Å². The number of nitrogens with one attached hydrogen (secondary N) is 1. The molecule has 1 aromatic rings. The van der Waals surface area contributed by atoms with Gasteiger partial charge in [0.25, 0.3) is 5.17 Å². The summed E-state index contributed by atoms with van der Waals surface area (Å²) in [6.45, 7) is 10.0. The van der Waals surface area contributed by atoms with Gasteiger partial charge in [-0.2, -0.15) is 0 Å². The monoisotopic (exact) mass is 291 g/mol. The van der Waals surface area contributed by atoms with Gasteiger partial charge < -0.3 is 10.1 Å².